The van der Waals surface area contributed by atoms with Gasteiger partial charge in [-0.05, 0) is 62.0 Å². The summed E-state index contributed by atoms with van der Waals surface area (Å²) < 4.78 is 6.17. The van der Waals surface area contributed by atoms with Crippen LogP contribution in [0.25, 0.3) is 0 Å². The molecule has 0 saturated carbocycles. The number of rotatable bonds is 5. The Hall–Kier alpha value is -1.16. The number of hydrogen-bond acceptors (Lipinski definition) is 2. The highest BCUT2D eigenvalue weighted by molar-refractivity contribution is 6.68. The van der Waals surface area contributed by atoms with Crippen molar-refractivity contribution in [2.75, 3.05) is 6.54 Å². The number of hydrogen-bond donors (Lipinski definition) is 1. The van der Waals surface area contributed by atoms with Gasteiger partial charge in [-0.3, -0.25) is 0 Å². The Morgan fingerprint density at radius 3 is 2.29 bits per heavy atom. The number of halogens is 2. The van der Waals surface area contributed by atoms with Crippen LogP contribution in [0.4, 0.5) is 0 Å². The Kier molecular flexibility index (Phi) is 5.57. The standard InChI is InChI=1S/C16H18BCl2NO/c1-11-3-5-13(18)9-15(11)17(7-8-20)21-16-10-14(19)6-4-12(16)2/h3-6,9-10H,7-8,20H2,1-2H3. The maximum atomic E-state index is 6.17. The molecule has 0 aromatic heterocycles. The second kappa shape index (κ2) is 7.21. The summed E-state index contributed by atoms with van der Waals surface area (Å²) in [6.45, 7) is 4.45. The van der Waals surface area contributed by atoms with E-state index in [1.807, 2.05) is 50.2 Å². The van der Waals surface area contributed by atoms with Gasteiger partial charge in [0.05, 0.1) is 0 Å². The molecule has 2 rings (SSSR count). The predicted octanol–water partition coefficient (Wildman–Crippen LogP) is 3.85. The second-order valence-electron chi connectivity index (χ2n) is 5.09. The molecule has 2 nitrogen and oxygen atoms in total. The van der Waals surface area contributed by atoms with Crippen LogP contribution < -0.4 is 15.9 Å². The maximum absolute atomic E-state index is 6.17. The SMILES string of the molecule is Cc1ccc(Cl)cc1OB(CCN)c1cc(Cl)ccc1C. The van der Waals surface area contributed by atoms with Crippen LogP contribution in [-0.2, 0) is 0 Å². The first-order valence-corrected chi connectivity index (χ1v) is 7.65. The first-order valence-electron chi connectivity index (χ1n) is 6.90. The summed E-state index contributed by atoms with van der Waals surface area (Å²) in [7, 11) is 0. The van der Waals surface area contributed by atoms with Crippen molar-refractivity contribution in [3.8, 4) is 5.75 Å². The molecule has 0 aliphatic heterocycles. The zero-order valence-electron chi connectivity index (χ0n) is 12.2. The molecule has 0 atom stereocenters. The average Bonchev–Trinajstić information content (AvgIpc) is 2.45. The smallest absolute Gasteiger partial charge is 0.393 e. The lowest BCUT2D eigenvalue weighted by Gasteiger charge is -2.19. The van der Waals surface area contributed by atoms with Gasteiger partial charge in [0.1, 0.15) is 5.75 Å². The van der Waals surface area contributed by atoms with E-state index in [0.29, 0.717) is 22.9 Å². The topological polar surface area (TPSA) is 35.2 Å². The maximum Gasteiger partial charge on any atom is 0.393 e. The third-order valence-electron chi connectivity index (χ3n) is 3.44. The molecular weight excluding hydrogens is 304 g/mol. The van der Waals surface area contributed by atoms with Crippen LogP contribution in [0.2, 0.25) is 16.4 Å². The highest BCUT2D eigenvalue weighted by atomic mass is 35.5. The van der Waals surface area contributed by atoms with Gasteiger partial charge in [0.25, 0.3) is 0 Å². The van der Waals surface area contributed by atoms with Crippen molar-refractivity contribution in [1.82, 2.24) is 0 Å². The Balaban J connectivity index is 2.35. The van der Waals surface area contributed by atoms with Crippen LogP contribution in [0.15, 0.2) is 36.4 Å². The Labute approximate surface area is 136 Å². The Bertz CT molecular complexity index is 634. The molecule has 0 heterocycles. The quantitative estimate of drug-likeness (QED) is 0.849. The molecule has 0 spiro atoms. The fourth-order valence-corrected chi connectivity index (χ4v) is 2.58. The molecule has 0 aliphatic rings. The van der Waals surface area contributed by atoms with Crippen LogP contribution in [0, 0.1) is 13.8 Å². The van der Waals surface area contributed by atoms with Gasteiger partial charge in [0.15, 0.2) is 0 Å². The summed E-state index contributed by atoms with van der Waals surface area (Å²) in [6.07, 6.45) is 0.715. The van der Waals surface area contributed by atoms with Gasteiger partial charge in [-0.1, -0.05) is 40.9 Å². The number of benzene rings is 2. The van der Waals surface area contributed by atoms with E-state index in [1.54, 1.807) is 0 Å². The monoisotopic (exact) mass is 321 g/mol. The average molecular weight is 322 g/mol. The lowest BCUT2D eigenvalue weighted by atomic mass is 9.56. The van der Waals surface area contributed by atoms with Crippen molar-refractivity contribution < 1.29 is 4.65 Å². The summed E-state index contributed by atoms with van der Waals surface area (Å²) in [6, 6.07) is 11.5. The Morgan fingerprint density at radius 2 is 1.62 bits per heavy atom. The molecule has 0 bridgehead atoms. The number of nitrogens with two attached hydrogens (primary N) is 1. The van der Waals surface area contributed by atoms with Crippen LogP contribution >= 0.6 is 23.2 Å². The molecule has 5 heteroatoms. The van der Waals surface area contributed by atoms with Gasteiger partial charge in [0.2, 0.25) is 0 Å². The lowest BCUT2D eigenvalue weighted by molar-refractivity contribution is 0.572. The summed E-state index contributed by atoms with van der Waals surface area (Å²) >= 11 is 12.2. The van der Waals surface area contributed by atoms with Gasteiger partial charge in [0, 0.05) is 10.0 Å². The van der Waals surface area contributed by atoms with Gasteiger partial charge in [-0.15, -0.1) is 0 Å². The highest BCUT2D eigenvalue weighted by Crippen LogP contribution is 2.24. The predicted molar refractivity (Wildman–Crippen MR) is 92.3 cm³/mol. The first kappa shape index (κ1) is 16.2. The first-order chi connectivity index (χ1) is 10.0. The van der Waals surface area contributed by atoms with E-state index in [1.165, 1.54) is 0 Å². The summed E-state index contributed by atoms with van der Waals surface area (Å²) in [5, 5.41) is 1.36. The third-order valence-corrected chi connectivity index (χ3v) is 3.91. The van der Waals surface area contributed by atoms with E-state index in [0.717, 1.165) is 22.3 Å². The minimum Gasteiger partial charge on any atom is -0.555 e. The molecule has 2 aromatic carbocycles. The Morgan fingerprint density at radius 1 is 1.00 bits per heavy atom. The minimum atomic E-state index is -0.133. The summed E-state index contributed by atoms with van der Waals surface area (Å²) in [4.78, 5) is 0. The van der Waals surface area contributed by atoms with E-state index in [9.17, 15) is 0 Å². The molecule has 110 valence electrons. The molecule has 0 radical (unpaired) electrons. The van der Waals surface area contributed by atoms with Crippen molar-refractivity contribution in [2.24, 2.45) is 5.73 Å². The van der Waals surface area contributed by atoms with Crippen LogP contribution in [0.1, 0.15) is 11.1 Å². The third kappa shape index (κ3) is 4.16. The highest BCUT2D eigenvalue weighted by Gasteiger charge is 2.23. The molecule has 2 aromatic rings. The van der Waals surface area contributed by atoms with Crippen LogP contribution in [-0.4, -0.2) is 13.5 Å². The molecule has 0 unspecified atom stereocenters. The largest absolute Gasteiger partial charge is 0.555 e. The van der Waals surface area contributed by atoms with E-state index < -0.39 is 0 Å². The summed E-state index contributed by atoms with van der Waals surface area (Å²) in [5.41, 5.74) is 8.98. The molecule has 2 N–H and O–H groups in total. The van der Waals surface area contributed by atoms with Crippen molar-refractivity contribution in [1.29, 1.82) is 0 Å². The van der Waals surface area contributed by atoms with Gasteiger partial charge in [-0.25, -0.2) is 0 Å². The number of aryl methyl sites for hydroxylation is 2. The minimum absolute atomic E-state index is 0.133. The molecule has 0 saturated heterocycles. The fourth-order valence-electron chi connectivity index (χ4n) is 2.24. The van der Waals surface area contributed by atoms with Crippen LogP contribution in [0.5, 0.6) is 5.75 Å². The lowest BCUT2D eigenvalue weighted by Crippen LogP contribution is -2.40. The van der Waals surface area contributed by atoms with Gasteiger partial charge < -0.3 is 10.4 Å². The van der Waals surface area contributed by atoms with Crippen molar-refractivity contribution in [2.45, 2.75) is 20.2 Å². The molecule has 21 heavy (non-hydrogen) atoms. The zero-order chi connectivity index (χ0) is 15.4. The van der Waals surface area contributed by atoms with Gasteiger partial charge >= 0.3 is 6.92 Å². The summed E-state index contributed by atoms with van der Waals surface area (Å²) in [5.74, 6) is 0.778. The molecule has 0 fully saturated rings. The molecular formula is C16H18BCl2NO. The van der Waals surface area contributed by atoms with E-state index >= 15 is 0 Å². The van der Waals surface area contributed by atoms with Gasteiger partial charge in [-0.2, -0.15) is 0 Å². The second-order valence-corrected chi connectivity index (χ2v) is 5.97. The van der Waals surface area contributed by atoms with E-state index in [2.05, 4.69) is 0 Å². The van der Waals surface area contributed by atoms with Crippen molar-refractivity contribution in [3.63, 3.8) is 0 Å². The van der Waals surface area contributed by atoms with E-state index in [-0.39, 0.29) is 6.92 Å². The van der Waals surface area contributed by atoms with Crippen molar-refractivity contribution in [3.05, 3.63) is 57.6 Å². The normalized spacial score (nSPS) is 10.5. The molecule has 0 amide bonds. The van der Waals surface area contributed by atoms with Crippen molar-refractivity contribution >= 4 is 35.6 Å². The van der Waals surface area contributed by atoms with Crippen LogP contribution in [0.3, 0.4) is 0 Å². The fraction of sp³-hybridized carbons (Fsp3) is 0.250. The zero-order valence-corrected chi connectivity index (χ0v) is 13.7. The van der Waals surface area contributed by atoms with E-state index in [4.69, 9.17) is 33.6 Å². The molecule has 0 aliphatic carbocycles.